The van der Waals surface area contributed by atoms with Crippen LogP contribution >= 0.6 is 0 Å². The smallest absolute Gasteiger partial charge is 0.168 e. The number of nitrogens with zero attached hydrogens (tertiary/aromatic N) is 1. The number of ketones is 1. The molecule has 0 saturated carbocycles. The SMILES string of the molecule is Cc1ccnc(N)c1C(=O)CC1CCCN1. The molecule has 1 aromatic heterocycles. The van der Waals surface area contributed by atoms with Crippen LogP contribution in [0.3, 0.4) is 0 Å². The number of nitrogens with two attached hydrogens (primary N) is 1. The zero-order valence-electron chi connectivity index (χ0n) is 9.49. The Morgan fingerprint density at radius 1 is 1.69 bits per heavy atom. The van der Waals surface area contributed by atoms with Gasteiger partial charge in [0.1, 0.15) is 5.82 Å². The lowest BCUT2D eigenvalue weighted by Gasteiger charge is -2.11. The first-order valence-corrected chi connectivity index (χ1v) is 5.66. The molecule has 1 saturated heterocycles. The Bertz CT molecular complexity index is 377. The largest absolute Gasteiger partial charge is 0.383 e. The average Bonchev–Trinajstić information content (AvgIpc) is 2.70. The molecule has 1 aliphatic heterocycles. The molecule has 0 aliphatic carbocycles. The molecule has 86 valence electrons. The molecule has 1 fully saturated rings. The molecule has 0 radical (unpaired) electrons. The van der Waals surface area contributed by atoms with Crippen LogP contribution < -0.4 is 11.1 Å². The Hall–Kier alpha value is -1.42. The number of nitrogen functional groups attached to an aromatic ring is 1. The number of rotatable bonds is 3. The average molecular weight is 219 g/mol. The van der Waals surface area contributed by atoms with Gasteiger partial charge in [-0.15, -0.1) is 0 Å². The van der Waals surface area contributed by atoms with Gasteiger partial charge < -0.3 is 11.1 Å². The van der Waals surface area contributed by atoms with Gasteiger partial charge in [-0.2, -0.15) is 0 Å². The van der Waals surface area contributed by atoms with Gasteiger partial charge in [0.15, 0.2) is 5.78 Å². The summed E-state index contributed by atoms with van der Waals surface area (Å²) in [5, 5.41) is 3.31. The van der Waals surface area contributed by atoms with Gasteiger partial charge in [0.2, 0.25) is 0 Å². The van der Waals surface area contributed by atoms with E-state index in [1.54, 1.807) is 6.20 Å². The maximum Gasteiger partial charge on any atom is 0.168 e. The maximum absolute atomic E-state index is 12.1. The van der Waals surface area contributed by atoms with Crippen molar-refractivity contribution in [3.8, 4) is 0 Å². The van der Waals surface area contributed by atoms with E-state index < -0.39 is 0 Å². The van der Waals surface area contributed by atoms with Crippen molar-refractivity contribution in [1.29, 1.82) is 0 Å². The van der Waals surface area contributed by atoms with Gasteiger partial charge in [-0.05, 0) is 37.9 Å². The Kier molecular flexibility index (Phi) is 3.19. The molecule has 0 aromatic carbocycles. The molecule has 16 heavy (non-hydrogen) atoms. The molecule has 2 rings (SSSR count). The summed E-state index contributed by atoms with van der Waals surface area (Å²) in [6.07, 6.45) is 4.39. The highest BCUT2D eigenvalue weighted by atomic mass is 16.1. The van der Waals surface area contributed by atoms with Crippen LogP contribution in [0.5, 0.6) is 0 Å². The third-order valence-electron chi connectivity index (χ3n) is 3.06. The van der Waals surface area contributed by atoms with E-state index in [1.165, 1.54) is 0 Å². The van der Waals surface area contributed by atoms with Gasteiger partial charge in [-0.1, -0.05) is 0 Å². The minimum atomic E-state index is 0.0995. The second-order valence-electron chi connectivity index (χ2n) is 4.31. The molecule has 0 amide bonds. The van der Waals surface area contributed by atoms with Gasteiger partial charge in [0.05, 0.1) is 5.56 Å². The molecule has 4 nitrogen and oxygen atoms in total. The fourth-order valence-electron chi connectivity index (χ4n) is 2.20. The quantitative estimate of drug-likeness (QED) is 0.752. The first kappa shape index (κ1) is 11.1. The van der Waals surface area contributed by atoms with Crippen LogP contribution in [0.4, 0.5) is 5.82 Å². The summed E-state index contributed by atoms with van der Waals surface area (Å²) >= 11 is 0. The molecule has 1 unspecified atom stereocenters. The zero-order valence-corrected chi connectivity index (χ0v) is 9.49. The minimum absolute atomic E-state index is 0.0995. The highest BCUT2D eigenvalue weighted by molar-refractivity contribution is 6.01. The van der Waals surface area contributed by atoms with Crippen molar-refractivity contribution >= 4 is 11.6 Å². The van der Waals surface area contributed by atoms with Crippen LogP contribution in [0, 0.1) is 6.92 Å². The van der Waals surface area contributed by atoms with Gasteiger partial charge in [0.25, 0.3) is 0 Å². The summed E-state index contributed by atoms with van der Waals surface area (Å²) in [7, 11) is 0. The minimum Gasteiger partial charge on any atom is -0.383 e. The van der Waals surface area contributed by atoms with Crippen molar-refractivity contribution < 1.29 is 4.79 Å². The fourth-order valence-corrected chi connectivity index (χ4v) is 2.20. The normalized spacial score (nSPS) is 19.9. The molecule has 1 aromatic rings. The number of nitrogens with one attached hydrogen (secondary N) is 1. The molecular weight excluding hydrogens is 202 g/mol. The second kappa shape index (κ2) is 4.61. The number of carbonyl (C=O) groups excluding carboxylic acids is 1. The number of aromatic nitrogens is 1. The predicted molar refractivity (Wildman–Crippen MR) is 63.4 cm³/mol. The Balaban J connectivity index is 2.13. The van der Waals surface area contributed by atoms with Crippen LogP contribution in [0.15, 0.2) is 12.3 Å². The van der Waals surface area contributed by atoms with E-state index >= 15 is 0 Å². The molecule has 1 aliphatic rings. The van der Waals surface area contributed by atoms with Crippen molar-refractivity contribution in [2.45, 2.75) is 32.2 Å². The van der Waals surface area contributed by atoms with E-state index in [0.29, 0.717) is 23.8 Å². The van der Waals surface area contributed by atoms with Crippen molar-refractivity contribution in [3.05, 3.63) is 23.4 Å². The molecule has 2 heterocycles. The van der Waals surface area contributed by atoms with E-state index in [0.717, 1.165) is 24.9 Å². The lowest BCUT2D eigenvalue weighted by molar-refractivity contribution is 0.0971. The summed E-state index contributed by atoms with van der Waals surface area (Å²) in [4.78, 5) is 16.1. The molecule has 0 bridgehead atoms. The highest BCUT2D eigenvalue weighted by Gasteiger charge is 2.21. The van der Waals surface area contributed by atoms with E-state index in [-0.39, 0.29) is 5.78 Å². The molecular formula is C12H17N3O. The van der Waals surface area contributed by atoms with Crippen LogP contribution in [0.1, 0.15) is 35.2 Å². The highest BCUT2D eigenvalue weighted by Crippen LogP contribution is 2.18. The number of carbonyl (C=O) groups is 1. The topological polar surface area (TPSA) is 68.0 Å². The molecule has 3 N–H and O–H groups in total. The number of aryl methyl sites for hydroxylation is 1. The molecule has 0 spiro atoms. The molecule has 4 heteroatoms. The third-order valence-corrected chi connectivity index (χ3v) is 3.06. The number of hydrogen-bond donors (Lipinski definition) is 2. The summed E-state index contributed by atoms with van der Waals surface area (Å²) in [5.74, 6) is 0.450. The number of Topliss-reactive ketones (excluding diaryl/α,β-unsaturated/α-hetero) is 1. The summed E-state index contributed by atoms with van der Waals surface area (Å²) in [6.45, 7) is 2.91. The van der Waals surface area contributed by atoms with E-state index in [1.807, 2.05) is 13.0 Å². The van der Waals surface area contributed by atoms with Crippen LogP contribution in [0.2, 0.25) is 0 Å². The lowest BCUT2D eigenvalue weighted by Crippen LogP contribution is -2.25. The molecule has 1 atom stereocenters. The van der Waals surface area contributed by atoms with E-state index in [9.17, 15) is 4.79 Å². The Morgan fingerprint density at radius 2 is 2.50 bits per heavy atom. The Morgan fingerprint density at radius 3 is 3.12 bits per heavy atom. The maximum atomic E-state index is 12.1. The van der Waals surface area contributed by atoms with Crippen molar-refractivity contribution in [1.82, 2.24) is 10.3 Å². The van der Waals surface area contributed by atoms with Crippen molar-refractivity contribution in [2.24, 2.45) is 0 Å². The predicted octanol–water partition coefficient (Wildman–Crippen LogP) is 1.30. The van der Waals surface area contributed by atoms with Gasteiger partial charge >= 0.3 is 0 Å². The summed E-state index contributed by atoms with van der Waals surface area (Å²) in [6, 6.07) is 2.14. The summed E-state index contributed by atoms with van der Waals surface area (Å²) in [5.41, 5.74) is 7.25. The number of hydrogen-bond acceptors (Lipinski definition) is 4. The van der Waals surface area contributed by atoms with Crippen LogP contribution in [0.25, 0.3) is 0 Å². The third kappa shape index (κ3) is 2.22. The lowest BCUT2D eigenvalue weighted by atomic mass is 10.00. The first-order valence-electron chi connectivity index (χ1n) is 5.66. The fraction of sp³-hybridized carbons (Fsp3) is 0.500. The van der Waals surface area contributed by atoms with Gasteiger partial charge in [0, 0.05) is 18.7 Å². The number of anilines is 1. The van der Waals surface area contributed by atoms with Crippen LogP contribution in [-0.4, -0.2) is 23.4 Å². The van der Waals surface area contributed by atoms with Gasteiger partial charge in [-0.3, -0.25) is 4.79 Å². The second-order valence-corrected chi connectivity index (χ2v) is 4.31. The van der Waals surface area contributed by atoms with Crippen molar-refractivity contribution in [3.63, 3.8) is 0 Å². The summed E-state index contributed by atoms with van der Waals surface area (Å²) < 4.78 is 0. The number of pyridine rings is 1. The Labute approximate surface area is 95.3 Å². The first-order chi connectivity index (χ1) is 7.68. The van der Waals surface area contributed by atoms with Crippen molar-refractivity contribution in [2.75, 3.05) is 12.3 Å². The standard InChI is InChI=1S/C12H17N3O/c1-8-4-6-15-12(13)11(8)10(16)7-9-3-2-5-14-9/h4,6,9,14H,2-3,5,7H2,1H3,(H2,13,15). The van der Waals surface area contributed by atoms with Crippen LogP contribution in [-0.2, 0) is 0 Å². The van der Waals surface area contributed by atoms with E-state index in [4.69, 9.17) is 5.73 Å². The zero-order chi connectivity index (χ0) is 11.5. The van der Waals surface area contributed by atoms with E-state index in [2.05, 4.69) is 10.3 Å². The monoisotopic (exact) mass is 219 g/mol. The van der Waals surface area contributed by atoms with Gasteiger partial charge in [-0.25, -0.2) is 4.98 Å².